The van der Waals surface area contributed by atoms with Gasteiger partial charge in [-0.1, -0.05) is 7.43 Å². The van der Waals surface area contributed by atoms with Crippen LogP contribution in [0.4, 0.5) is 0 Å². The summed E-state index contributed by atoms with van der Waals surface area (Å²) < 4.78 is 9.74. The SMILES string of the molecule is C.COCc1ccco1. The number of methoxy groups -OCH3 is 1. The molecule has 0 saturated carbocycles. The predicted octanol–water partition coefficient (Wildman–Crippen LogP) is 2.06. The molecule has 1 rings (SSSR count). The molecule has 2 heteroatoms. The Morgan fingerprint density at radius 1 is 1.67 bits per heavy atom. The van der Waals surface area contributed by atoms with Gasteiger partial charge in [0, 0.05) is 7.11 Å². The summed E-state index contributed by atoms with van der Waals surface area (Å²) >= 11 is 0. The summed E-state index contributed by atoms with van der Waals surface area (Å²) in [5, 5.41) is 0. The van der Waals surface area contributed by atoms with Gasteiger partial charge in [0.05, 0.1) is 6.26 Å². The lowest BCUT2D eigenvalue weighted by molar-refractivity contribution is 0.164. The van der Waals surface area contributed by atoms with Gasteiger partial charge in [-0.3, -0.25) is 0 Å². The quantitative estimate of drug-likeness (QED) is 0.608. The molecule has 0 aliphatic heterocycles. The Labute approximate surface area is 55.4 Å². The lowest BCUT2D eigenvalue weighted by Crippen LogP contribution is -1.80. The largest absolute Gasteiger partial charge is 0.467 e. The zero-order valence-corrected chi connectivity index (χ0v) is 4.76. The fourth-order valence-corrected chi connectivity index (χ4v) is 0.537. The number of hydrogen-bond donors (Lipinski definition) is 0. The Morgan fingerprint density at radius 2 is 2.44 bits per heavy atom. The van der Waals surface area contributed by atoms with Crippen LogP contribution in [-0.2, 0) is 11.3 Å². The highest BCUT2D eigenvalue weighted by molar-refractivity contribution is 4.95. The predicted molar refractivity (Wildman–Crippen MR) is 36.2 cm³/mol. The van der Waals surface area contributed by atoms with Crippen molar-refractivity contribution in [2.24, 2.45) is 0 Å². The van der Waals surface area contributed by atoms with E-state index in [4.69, 9.17) is 9.15 Å². The smallest absolute Gasteiger partial charge is 0.129 e. The fraction of sp³-hybridized carbons (Fsp3) is 0.429. The van der Waals surface area contributed by atoms with Gasteiger partial charge in [-0.25, -0.2) is 0 Å². The van der Waals surface area contributed by atoms with E-state index < -0.39 is 0 Å². The molecule has 0 saturated heterocycles. The molecule has 0 aliphatic rings. The van der Waals surface area contributed by atoms with Crippen molar-refractivity contribution in [3.63, 3.8) is 0 Å². The molecule has 52 valence electrons. The van der Waals surface area contributed by atoms with Gasteiger partial charge in [-0.05, 0) is 12.1 Å². The number of hydrogen-bond acceptors (Lipinski definition) is 2. The Balaban J connectivity index is 0.000000640. The Morgan fingerprint density at radius 3 is 2.89 bits per heavy atom. The highest BCUT2D eigenvalue weighted by Gasteiger charge is 1.89. The minimum absolute atomic E-state index is 0. The number of ether oxygens (including phenoxy) is 1. The van der Waals surface area contributed by atoms with Gasteiger partial charge in [0.25, 0.3) is 0 Å². The van der Waals surface area contributed by atoms with Crippen LogP contribution >= 0.6 is 0 Å². The molecular weight excluding hydrogens is 116 g/mol. The maximum Gasteiger partial charge on any atom is 0.129 e. The van der Waals surface area contributed by atoms with E-state index >= 15 is 0 Å². The van der Waals surface area contributed by atoms with Crippen molar-refractivity contribution < 1.29 is 9.15 Å². The molecular formula is C7H12O2. The van der Waals surface area contributed by atoms with Crippen molar-refractivity contribution >= 4 is 0 Å². The van der Waals surface area contributed by atoms with E-state index in [9.17, 15) is 0 Å². The highest BCUT2D eigenvalue weighted by Crippen LogP contribution is 1.99. The van der Waals surface area contributed by atoms with Crippen LogP contribution in [0.2, 0.25) is 0 Å². The summed E-state index contributed by atoms with van der Waals surface area (Å²) in [6, 6.07) is 3.72. The third-order valence-electron chi connectivity index (χ3n) is 0.867. The molecule has 0 unspecified atom stereocenters. The van der Waals surface area contributed by atoms with Crippen molar-refractivity contribution in [1.82, 2.24) is 0 Å². The van der Waals surface area contributed by atoms with Crippen molar-refractivity contribution in [1.29, 1.82) is 0 Å². The zero-order valence-electron chi connectivity index (χ0n) is 4.76. The molecule has 0 atom stereocenters. The number of rotatable bonds is 2. The zero-order chi connectivity index (χ0) is 5.82. The molecule has 1 heterocycles. The third-order valence-corrected chi connectivity index (χ3v) is 0.867. The monoisotopic (exact) mass is 128 g/mol. The summed E-state index contributed by atoms with van der Waals surface area (Å²) in [5.74, 6) is 0.868. The lowest BCUT2D eigenvalue weighted by Gasteiger charge is -1.88. The van der Waals surface area contributed by atoms with Crippen molar-refractivity contribution in [2.45, 2.75) is 14.0 Å². The molecule has 0 radical (unpaired) electrons. The summed E-state index contributed by atoms with van der Waals surface area (Å²) in [4.78, 5) is 0. The molecule has 0 amide bonds. The van der Waals surface area contributed by atoms with Crippen LogP contribution in [0.15, 0.2) is 22.8 Å². The van der Waals surface area contributed by atoms with Crippen LogP contribution in [0.1, 0.15) is 13.2 Å². The molecule has 1 aromatic heterocycles. The van der Waals surface area contributed by atoms with Crippen molar-refractivity contribution in [3.8, 4) is 0 Å². The second kappa shape index (κ2) is 4.15. The first-order chi connectivity index (χ1) is 3.93. The first-order valence-electron chi connectivity index (χ1n) is 2.45. The van der Waals surface area contributed by atoms with Crippen LogP contribution in [0, 0.1) is 0 Å². The van der Waals surface area contributed by atoms with Gasteiger partial charge in [-0.15, -0.1) is 0 Å². The molecule has 1 aromatic rings. The van der Waals surface area contributed by atoms with E-state index in [0.29, 0.717) is 6.61 Å². The van der Waals surface area contributed by atoms with E-state index in [1.165, 1.54) is 0 Å². The maximum atomic E-state index is 4.95. The van der Waals surface area contributed by atoms with Gasteiger partial charge in [0.2, 0.25) is 0 Å². The molecule has 0 aromatic carbocycles. The van der Waals surface area contributed by atoms with E-state index in [1.54, 1.807) is 13.4 Å². The van der Waals surface area contributed by atoms with Crippen molar-refractivity contribution in [2.75, 3.05) is 7.11 Å². The maximum absolute atomic E-state index is 4.95. The van der Waals surface area contributed by atoms with Gasteiger partial charge >= 0.3 is 0 Å². The van der Waals surface area contributed by atoms with Crippen LogP contribution in [0.25, 0.3) is 0 Å². The number of furan rings is 1. The molecule has 2 nitrogen and oxygen atoms in total. The van der Waals surface area contributed by atoms with Crippen molar-refractivity contribution in [3.05, 3.63) is 24.2 Å². The molecule has 0 fully saturated rings. The Kier molecular flexibility index (Phi) is 3.80. The first kappa shape index (κ1) is 8.24. The van der Waals surface area contributed by atoms with Crippen LogP contribution in [0.5, 0.6) is 0 Å². The summed E-state index contributed by atoms with van der Waals surface area (Å²) in [7, 11) is 1.64. The molecule has 0 spiro atoms. The molecule has 0 bridgehead atoms. The van der Waals surface area contributed by atoms with Gasteiger partial charge < -0.3 is 9.15 Å². The van der Waals surface area contributed by atoms with Gasteiger partial charge in [-0.2, -0.15) is 0 Å². The van der Waals surface area contributed by atoms with E-state index in [-0.39, 0.29) is 7.43 Å². The third kappa shape index (κ3) is 2.33. The normalized spacial score (nSPS) is 8.56. The van der Waals surface area contributed by atoms with Gasteiger partial charge in [0.15, 0.2) is 0 Å². The second-order valence-electron chi connectivity index (χ2n) is 1.51. The summed E-state index contributed by atoms with van der Waals surface area (Å²) in [6.07, 6.45) is 1.63. The van der Waals surface area contributed by atoms with Crippen LogP contribution in [0.3, 0.4) is 0 Å². The molecule has 9 heavy (non-hydrogen) atoms. The van der Waals surface area contributed by atoms with E-state index in [2.05, 4.69) is 0 Å². The summed E-state index contributed by atoms with van der Waals surface area (Å²) in [5.41, 5.74) is 0. The van der Waals surface area contributed by atoms with Crippen LogP contribution in [-0.4, -0.2) is 7.11 Å². The molecule has 0 N–H and O–H groups in total. The van der Waals surface area contributed by atoms with E-state index in [1.807, 2.05) is 12.1 Å². The Hall–Kier alpha value is -0.760. The average Bonchev–Trinajstić information content (AvgIpc) is 2.19. The highest BCUT2D eigenvalue weighted by atomic mass is 16.5. The Bertz CT molecular complexity index is 133. The van der Waals surface area contributed by atoms with Gasteiger partial charge in [0.1, 0.15) is 12.4 Å². The second-order valence-corrected chi connectivity index (χ2v) is 1.51. The van der Waals surface area contributed by atoms with E-state index in [0.717, 1.165) is 5.76 Å². The summed E-state index contributed by atoms with van der Waals surface area (Å²) in [6.45, 7) is 0.562. The average molecular weight is 128 g/mol. The standard InChI is InChI=1S/C6H8O2.CH4/c1-7-5-6-3-2-4-8-6;/h2-4H,5H2,1H3;1H4. The fourth-order valence-electron chi connectivity index (χ4n) is 0.537. The minimum atomic E-state index is 0. The topological polar surface area (TPSA) is 22.4 Å². The first-order valence-corrected chi connectivity index (χ1v) is 2.45. The lowest BCUT2D eigenvalue weighted by atomic mass is 10.5. The minimum Gasteiger partial charge on any atom is -0.467 e. The van der Waals surface area contributed by atoms with Crippen LogP contribution < -0.4 is 0 Å². The molecule has 0 aliphatic carbocycles.